The zero-order chi connectivity index (χ0) is 15.3. The minimum atomic E-state index is -4.58. The van der Waals surface area contributed by atoms with Gasteiger partial charge in [-0.15, -0.1) is 0 Å². The van der Waals surface area contributed by atoms with Gasteiger partial charge in [0.1, 0.15) is 12.4 Å². The van der Waals surface area contributed by atoms with Crippen molar-refractivity contribution in [3.8, 4) is 5.88 Å². The summed E-state index contributed by atoms with van der Waals surface area (Å²) in [7, 11) is 0. The van der Waals surface area contributed by atoms with E-state index in [4.69, 9.17) is 4.74 Å². The van der Waals surface area contributed by atoms with Gasteiger partial charge in [-0.25, -0.2) is 4.98 Å². The van der Waals surface area contributed by atoms with Crippen LogP contribution in [0.15, 0.2) is 6.07 Å². The van der Waals surface area contributed by atoms with Crippen molar-refractivity contribution in [1.29, 1.82) is 0 Å². The SMILES string of the molecule is CCNc1cc(OCCN2CCCC2)nc(C(F)(F)F)n1. The van der Waals surface area contributed by atoms with Gasteiger partial charge < -0.3 is 10.1 Å². The fourth-order valence-corrected chi connectivity index (χ4v) is 2.18. The van der Waals surface area contributed by atoms with Crippen LogP contribution in [0.4, 0.5) is 19.0 Å². The molecule has 1 aromatic heterocycles. The van der Waals surface area contributed by atoms with Crippen LogP contribution in [-0.2, 0) is 6.18 Å². The van der Waals surface area contributed by atoms with Crippen LogP contribution in [0, 0.1) is 0 Å². The van der Waals surface area contributed by atoms with Crippen LogP contribution in [-0.4, -0.2) is 47.7 Å². The van der Waals surface area contributed by atoms with Crippen LogP contribution in [0.5, 0.6) is 5.88 Å². The highest BCUT2D eigenvalue weighted by Crippen LogP contribution is 2.28. The molecule has 1 saturated heterocycles. The molecule has 0 bridgehead atoms. The lowest BCUT2D eigenvalue weighted by molar-refractivity contribution is -0.145. The van der Waals surface area contributed by atoms with Gasteiger partial charge in [-0.2, -0.15) is 18.2 Å². The molecule has 2 heterocycles. The molecule has 0 radical (unpaired) electrons. The Morgan fingerprint density at radius 1 is 1.29 bits per heavy atom. The number of hydrogen-bond acceptors (Lipinski definition) is 5. The Labute approximate surface area is 121 Å². The molecule has 0 unspecified atom stereocenters. The van der Waals surface area contributed by atoms with E-state index in [0.717, 1.165) is 25.9 Å². The van der Waals surface area contributed by atoms with E-state index in [1.807, 2.05) is 0 Å². The van der Waals surface area contributed by atoms with Crippen molar-refractivity contribution in [2.75, 3.05) is 38.1 Å². The normalized spacial score (nSPS) is 16.2. The smallest absolute Gasteiger partial charge is 0.451 e. The Morgan fingerprint density at radius 2 is 2.00 bits per heavy atom. The molecule has 1 fully saturated rings. The van der Waals surface area contributed by atoms with Crippen molar-refractivity contribution >= 4 is 5.82 Å². The Kier molecular flexibility index (Phi) is 5.22. The first-order chi connectivity index (χ1) is 9.99. The summed E-state index contributed by atoms with van der Waals surface area (Å²) >= 11 is 0. The number of hydrogen-bond donors (Lipinski definition) is 1. The van der Waals surface area contributed by atoms with Crippen molar-refractivity contribution in [2.45, 2.75) is 25.9 Å². The number of likely N-dealkylation sites (tertiary alicyclic amines) is 1. The van der Waals surface area contributed by atoms with Gasteiger partial charge >= 0.3 is 6.18 Å². The lowest BCUT2D eigenvalue weighted by Gasteiger charge is -2.15. The van der Waals surface area contributed by atoms with E-state index in [-0.39, 0.29) is 11.7 Å². The molecular weight excluding hydrogens is 285 g/mol. The average Bonchev–Trinajstić information content (AvgIpc) is 2.91. The molecule has 0 atom stereocenters. The van der Waals surface area contributed by atoms with E-state index in [1.165, 1.54) is 6.07 Å². The summed E-state index contributed by atoms with van der Waals surface area (Å²) in [4.78, 5) is 9.10. The van der Waals surface area contributed by atoms with Gasteiger partial charge in [0, 0.05) is 19.2 Å². The van der Waals surface area contributed by atoms with Gasteiger partial charge in [0.25, 0.3) is 0 Å². The van der Waals surface area contributed by atoms with Crippen molar-refractivity contribution in [2.24, 2.45) is 0 Å². The summed E-state index contributed by atoms with van der Waals surface area (Å²) in [6, 6.07) is 1.39. The summed E-state index contributed by atoms with van der Waals surface area (Å²) in [5, 5.41) is 2.75. The van der Waals surface area contributed by atoms with Crippen molar-refractivity contribution in [3.05, 3.63) is 11.9 Å². The largest absolute Gasteiger partial charge is 0.476 e. The summed E-state index contributed by atoms with van der Waals surface area (Å²) in [6.45, 7) is 5.31. The average molecular weight is 304 g/mol. The molecule has 5 nitrogen and oxygen atoms in total. The van der Waals surface area contributed by atoms with Gasteiger partial charge in [0.15, 0.2) is 0 Å². The fraction of sp³-hybridized carbons (Fsp3) is 0.692. The van der Waals surface area contributed by atoms with Gasteiger partial charge in [-0.3, -0.25) is 4.90 Å². The first-order valence-corrected chi connectivity index (χ1v) is 7.04. The summed E-state index contributed by atoms with van der Waals surface area (Å²) in [5.74, 6) is -1.11. The third kappa shape index (κ3) is 4.73. The maximum Gasteiger partial charge on any atom is 0.451 e. The molecule has 1 N–H and O–H groups in total. The number of rotatable bonds is 6. The molecule has 8 heteroatoms. The Balaban J connectivity index is 2.00. The quantitative estimate of drug-likeness (QED) is 0.874. The van der Waals surface area contributed by atoms with Crippen LogP contribution in [0.25, 0.3) is 0 Å². The number of aromatic nitrogens is 2. The van der Waals surface area contributed by atoms with Gasteiger partial charge in [-0.1, -0.05) is 0 Å². The van der Waals surface area contributed by atoms with Gasteiger partial charge in [0.05, 0.1) is 0 Å². The third-order valence-corrected chi connectivity index (χ3v) is 3.17. The van der Waals surface area contributed by atoms with Crippen molar-refractivity contribution < 1.29 is 17.9 Å². The second kappa shape index (κ2) is 6.93. The number of alkyl halides is 3. The first kappa shape index (κ1) is 15.8. The molecule has 0 aromatic carbocycles. The minimum Gasteiger partial charge on any atom is -0.476 e. The molecule has 0 aliphatic carbocycles. The molecule has 1 aliphatic rings. The lowest BCUT2D eigenvalue weighted by Crippen LogP contribution is -2.25. The molecule has 21 heavy (non-hydrogen) atoms. The zero-order valence-corrected chi connectivity index (χ0v) is 11.9. The molecule has 1 aromatic rings. The predicted octanol–water partition coefficient (Wildman–Crippen LogP) is 2.40. The summed E-state index contributed by atoms with van der Waals surface area (Å²) in [6.07, 6.45) is -2.26. The second-order valence-electron chi connectivity index (χ2n) is 4.84. The Morgan fingerprint density at radius 3 is 2.62 bits per heavy atom. The predicted molar refractivity (Wildman–Crippen MR) is 72.4 cm³/mol. The summed E-state index contributed by atoms with van der Waals surface area (Å²) in [5.41, 5.74) is 0. The first-order valence-electron chi connectivity index (χ1n) is 7.04. The van der Waals surface area contributed by atoms with E-state index in [2.05, 4.69) is 20.2 Å². The highest BCUT2D eigenvalue weighted by Gasteiger charge is 2.35. The third-order valence-electron chi connectivity index (χ3n) is 3.17. The van der Waals surface area contributed by atoms with Gasteiger partial charge in [0.2, 0.25) is 11.7 Å². The number of ether oxygens (including phenoxy) is 1. The maximum absolute atomic E-state index is 12.7. The van der Waals surface area contributed by atoms with Crippen LogP contribution in [0.3, 0.4) is 0 Å². The van der Waals surface area contributed by atoms with E-state index < -0.39 is 12.0 Å². The van der Waals surface area contributed by atoms with Crippen molar-refractivity contribution in [1.82, 2.24) is 14.9 Å². The van der Waals surface area contributed by atoms with Crippen molar-refractivity contribution in [3.63, 3.8) is 0 Å². The van der Waals surface area contributed by atoms with Gasteiger partial charge in [-0.05, 0) is 32.9 Å². The van der Waals surface area contributed by atoms with Crippen LogP contribution >= 0.6 is 0 Å². The van der Waals surface area contributed by atoms with E-state index in [1.54, 1.807) is 6.92 Å². The number of nitrogens with one attached hydrogen (secondary N) is 1. The summed E-state index contributed by atoms with van der Waals surface area (Å²) < 4.78 is 43.6. The monoisotopic (exact) mass is 304 g/mol. The second-order valence-corrected chi connectivity index (χ2v) is 4.84. The van der Waals surface area contributed by atoms with E-state index in [9.17, 15) is 13.2 Å². The number of anilines is 1. The molecule has 0 amide bonds. The molecule has 0 saturated carbocycles. The lowest BCUT2D eigenvalue weighted by atomic mass is 10.4. The minimum absolute atomic E-state index is 0.0486. The molecule has 0 spiro atoms. The Hall–Kier alpha value is -1.57. The molecular formula is C13H19F3N4O. The fourth-order valence-electron chi connectivity index (χ4n) is 2.18. The topological polar surface area (TPSA) is 50.3 Å². The highest BCUT2D eigenvalue weighted by atomic mass is 19.4. The Bertz CT molecular complexity index is 461. The van der Waals surface area contributed by atoms with E-state index >= 15 is 0 Å². The van der Waals surface area contributed by atoms with Crippen LogP contribution < -0.4 is 10.1 Å². The maximum atomic E-state index is 12.7. The number of nitrogens with zero attached hydrogens (tertiary/aromatic N) is 3. The molecule has 1 aliphatic heterocycles. The highest BCUT2D eigenvalue weighted by molar-refractivity contribution is 5.38. The standard InChI is InChI=1S/C13H19F3N4O/c1-2-17-10-9-11(19-12(18-10)13(14,15)16)21-8-7-20-5-3-4-6-20/h9H,2-8H2,1H3,(H,17,18,19). The van der Waals surface area contributed by atoms with Crippen LogP contribution in [0.1, 0.15) is 25.6 Å². The number of halogens is 3. The molecule has 2 rings (SSSR count). The van der Waals surface area contributed by atoms with Crippen LogP contribution in [0.2, 0.25) is 0 Å². The molecule has 118 valence electrons. The van der Waals surface area contributed by atoms with E-state index in [0.29, 0.717) is 19.7 Å². The zero-order valence-electron chi connectivity index (χ0n) is 11.9.